The second kappa shape index (κ2) is 3.80. The van der Waals surface area contributed by atoms with Crippen LogP contribution in [0.15, 0.2) is 0 Å². The minimum atomic E-state index is 0.326. The minimum Gasteiger partial charge on any atom is -0.363 e. The molecule has 0 amide bonds. The molecule has 0 saturated carbocycles. The van der Waals surface area contributed by atoms with Crippen LogP contribution in [0.5, 0.6) is 0 Å². The Morgan fingerprint density at radius 1 is 1.07 bits per heavy atom. The highest BCUT2D eigenvalue weighted by Crippen LogP contribution is 2.21. The van der Waals surface area contributed by atoms with Crippen LogP contribution in [0.4, 0.5) is 0 Å². The molecule has 0 radical (unpaired) electrons. The summed E-state index contributed by atoms with van der Waals surface area (Å²) < 4.78 is 5.50. The Labute approximate surface area is 87.0 Å². The van der Waals surface area contributed by atoms with Gasteiger partial charge in [0.05, 0.1) is 6.61 Å². The number of hydrogen-bond donors (Lipinski definition) is 0. The van der Waals surface area contributed by atoms with Crippen LogP contribution in [0, 0.1) is 0 Å². The lowest BCUT2D eigenvalue weighted by molar-refractivity contribution is -0.157. The Bertz CT molecular complexity index is 188. The fourth-order valence-corrected chi connectivity index (χ4v) is 2.19. The summed E-state index contributed by atoms with van der Waals surface area (Å²) in [6.07, 6.45) is 1.67. The van der Waals surface area contributed by atoms with Crippen molar-refractivity contribution in [1.29, 1.82) is 0 Å². The third-order valence-corrected chi connectivity index (χ3v) is 3.35. The lowest BCUT2D eigenvalue weighted by Crippen LogP contribution is -2.57. The second-order valence-electron chi connectivity index (χ2n) is 5.31. The zero-order chi connectivity index (χ0) is 10.2. The molecule has 3 nitrogen and oxygen atoms in total. The molecule has 2 aliphatic rings. The fourth-order valence-electron chi connectivity index (χ4n) is 2.19. The maximum Gasteiger partial charge on any atom is 0.112 e. The smallest absolute Gasteiger partial charge is 0.112 e. The third kappa shape index (κ3) is 2.10. The molecule has 0 spiro atoms. The molecule has 0 bridgehead atoms. The molecule has 0 aromatic rings. The molecule has 2 saturated heterocycles. The van der Waals surface area contributed by atoms with Crippen LogP contribution >= 0.6 is 0 Å². The van der Waals surface area contributed by atoms with E-state index in [0.29, 0.717) is 11.8 Å². The number of ether oxygens (including phenoxy) is 1. The van der Waals surface area contributed by atoms with Gasteiger partial charge in [-0.15, -0.1) is 0 Å². The van der Waals surface area contributed by atoms with Gasteiger partial charge < -0.3 is 4.74 Å². The first-order valence-corrected chi connectivity index (χ1v) is 5.68. The third-order valence-electron chi connectivity index (χ3n) is 3.35. The van der Waals surface area contributed by atoms with Crippen LogP contribution in [0.3, 0.4) is 0 Å². The Morgan fingerprint density at radius 3 is 2.00 bits per heavy atom. The summed E-state index contributed by atoms with van der Waals surface area (Å²) in [5.41, 5.74) is 0.326. The van der Waals surface area contributed by atoms with Crippen molar-refractivity contribution in [3.8, 4) is 0 Å². The van der Waals surface area contributed by atoms with E-state index in [1.807, 2.05) is 0 Å². The van der Waals surface area contributed by atoms with Crippen LogP contribution in [0.2, 0.25) is 0 Å². The Balaban J connectivity index is 1.80. The topological polar surface area (TPSA) is 15.7 Å². The Hall–Kier alpha value is -0.120. The summed E-state index contributed by atoms with van der Waals surface area (Å²) in [6.45, 7) is 12.5. The SMILES string of the molecule is CC(C)(C)N1CCN(C2CCO2)CC1. The largest absolute Gasteiger partial charge is 0.363 e. The van der Waals surface area contributed by atoms with Crippen molar-refractivity contribution in [1.82, 2.24) is 9.80 Å². The first kappa shape index (κ1) is 10.4. The predicted molar refractivity (Wildman–Crippen MR) is 57.3 cm³/mol. The van der Waals surface area contributed by atoms with Crippen molar-refractivity contribution < 1.29 is 4.74 Å². The van der Waals surface area contributed by atoms with Gasteiger partial charge in [0, 0.05) is 38.1 Å². The van der Waals surface area contributed by atoms with Crippen molar-refractivity contribution in [2.45, 2.75) is 39.0 Å². The zero-order valence-corrected chi connectivity index (χ0v) is 9.62. The Morgan fingerprint density at radius 2 is 1.64 bits per heavy atom. The maximum absolute atomic E-state index is 5.50. The van der Waals surface area contributed by atoms with E-state index in [1.54, 1.807) is 0 Å². The van der Waals surface area contributed by atoms with Gasteiger partial charge in [-0.3, -0.25) is 9.80 Å². The summed E-state index contributed by atoms with van der Waals surface area (Å²) in [4.78, 5) is 5.04. The highest BCUT2D eigenvalue weighted by Gasteiger charge is 2.31. The lowest BCUT2D eigenvalue weighted by Gasteiger charge is -2.46. The van der Waals surface area contributed by atoms with Gasteiger partial charge in [-0.1, -0.05) is 0 Å². The first-order valence-electron chi connectivity index (χ1n) is 5.68. The maximum atomic E-state index is 5.50. The molecule has 1 unspecified atom stereocenters. The fraction of sp³-hybridized carbons (Fsp3) is 1.00. The molecule has 3 heteroatoms. The summed E-state index contributed by atoms with van der Waals surface area (Å²) in [5.74, 6) is 0. The summed E-state index contributed by atoms with van der Waals surface area (Å²) in [6, 6.07) is 0. The number of rotatable bonds is 1. The van der Waals surface area contributed by atoms with Crippen molar-refractivity contribution >= 4 is 0 Å². The van der Waals surface area contributed by atoms with E-state index in [4.69, 9.17) is 4.74 Å². The van der Waals surface area contributed by atoms with Crippen molar-refractivity contribution in [3.05, 3.63) is 0 Å². The molecule has 2 rings (SSSR count). The van der Waals surface area contributed by atoms with Crippen molar-refractivity contribution in [3.63, 3.8) is 0 Å². The van der Waals surface area contributed by atoms with Gasteiger partial charge >= 0.3 is 0 Å². The molecule has 2 aliphatic heterocycles. The van der Waals surface area contributed by atoms with Crippen LogP contribution in [-0.2, 0) is 4.74 Å². The number of hydrogen-bond acceptors (Lipinski definition) is 3. The molecular formula is C11H22N2O. The van der Waals surface area contributed by atoms with Crippen LogP contribution in [0.25, 0.3) is 0 Å². The van der Waals surface area contributed by atoms with E-state index in [1.165, 1.54) is 32.6 Å². The average molecular weight is 198 g/mol. The van der Waals surface area contributed by atoms with Crippen LogP contribution in [0.1, 0.15) is 27.2 Å². The Kier molecular flexibility index (Phi) is 2.82. The normalized spacial score (nSPS) is 31.5. The number of nitrogens with zero attached hydrogens (tertiary/aromatic N) is 2. The average Bonchev–Trinajstić information content (AvgIpc) is 2.00. The molecule has 0 aromatic heterocycles. The molecular weight excluding hydrogens is 176 g/mol. The summed E-state index contributed by atoms with van der Waals surface area (Å²) in [7, 11) is 0. The van der Waals surface area contributed by atoms with Gasteiger partial charge in [0.25, 0.3) is 0 Å². The second-order valence-corrected chi connectivity index (χ2v) is 5.31. The van der Waals surface area contributed by atoms with E-state index in [2.05, 4.69) is 30.6 Å². The van der Waals surface area contributed by atoms with Crippen LogP contribution < -0.4 is 0 Å². The highest BCUT2D eigenvalue weighted by molar-refractivity contribution is 4.83. The van der Waals surface area contributed by atoms with Gasteiger partial charge in [-0.2, -0.15) is 0 Å². The standard InChI is InChI=1S/C11H22N2O/c1-11(2,3)13-7-5-12(6-8-13)10-4-9-14-10/h10H,4-9H2,1-3H3. The molecule has 2 fully saturated rings. The van der Waals surface area contributed by atoms with Gasteiger partial charge in [0.1, 0.15) is 6.23 Å². The van der Waals surface area contributed by atoms with Gasteiger partial charge in [0.2, 0.25) is 0 Å². The van der Waals surface area contributed by atoms with Crippen molar-refractivity contribution in [2.24, 2.45) is 0 Å². The van der Waals surface area contributed by atoms with Crippen molar-refractivity contribution in [2.75, 3.05) is 32.8 Å². The summed E-state index contributed by atoms with van der Waals surface area (Å²) in [5, 5.41) is 0. The van der Waals surface area contributed by atoms with Crippen LogP contribution in [-0.4, -0.2) is 54.4 Å². The van der Waals surface area contributed by atoms with E-state index in [9.17, 15) is 0 Å². The predicted octanol–water partition coefficient (Wildman–Crippen LogP) is 1.15. The molecule has 0 aromatic carbocycles. The quantitative estimate of drug-likeness (QED) is 0.628. The van der Waals surface area contributed by atoms with Gasteiger partial charge in [0.15, 0.2) is 0 Å². The van der Waals surface area contributed by atoms with Gasteiger partial charge in [-0.25, -0.2) is 0 Å². The first-order chi connectivity index (χ1) is 6.57. The summed E-state index contributed by atoms with van der Waals surface area (Å²) >= 11 is 0. The van der Waals surface area contributed by atoms with E-state index in [0.717, 1.165) is 6.61 Å². The highest BCUT2D eigenvalue weighted by atomic mass is 16.5. The number of piperazine rings is 1. The van der Waals surface area contributed by atoms with E-state index in [-0.39, 0.29) is 0 Å². The molecule has 82 valence electrons. The van der Waals surface area contributed by atoms with E-state index < -0.39 is 0 Å². The monoisotopic (exact) mass is 198 g/mol. The van der Waals surface area contributed by atoms with Gasteiger partial charge in [-0.05, 0) is 20.8 Å². The molecule has 2 heterocycles. The van der Waals surface area contributed by atoms with E-state index >= 15 is 0 Å². The molecule has 1 atom stereocenters. The lowest BCUT2D eigenvalue weighted by atomic mass is 10.0. The zero-order valence-electron chi connectivity index (χ0n) is 9.62. The molecule has 0 N–H and O–H groups in total. The minimum absolute atomic E-state index is 0.326. The molecule has 0 aliphatic carbocycles. The molecule has 14 heavy (non-hydrogen) atoms.